The zero-order chi connectivity index (χ0) is 18.6. The maximum absolute atomic E-state index is 12.9. The Kier molecular flexibility index (Phi) is 13.1. The number of aliphatic imine (C=N–C) groups is 1. The molecule has 1 aromatic rings. The van der Waals surface area contributed by atoms with Gasteiger partial charge in [-0.25, -0.2) is 4.39 Å². The number of benzene rings is 1. The number of morpholine rings is 1. The van der Waals surface area contributed by atoms with Gasteiger partial charge in [-0.3, -0.25) is 9.89 Å². The van der Waals surface area contributed by atoms with Crippen LogP contribution in [0.4, 0.5) is 4.39 Å². The minimum absolute atomic E-state index is 0. The van der Waals surface area contributed by atoms with Crippen LogP contribution in [0.15, 0.2) is 34.2 Å². The number of rotatable bonds is 9. The summed E-state index contributed by atoms with van der Waals surface area (Å²) >= 11 is 1.75. The highest BCUT2D eigenvalue weighted by atomic mass is 127. The molecule has 2 N–H and O–H groups in total. The Morgan fingerprint density at radius 3 is 2.63 bits per heavy atom. The van der Waals surface area contributed by atoms with Crippen molar-refractivity contribution in [3.05, 3.63) is 30.1 Å². The molecule has 0 aliphatic carbocycles. The fourth-order valence-corrected chi connectivity index (χ4v) is 3.55. The van der Waals surface area contributed by atoms with Gasteiger partial charge in [0.15, 0.2) is 5.96 Å². The van der Waals surface area contributed by atoms with Gasteiger partial charge in [-0.05, 0) is 50.3 Å². The van der Waals surface area contributed by atoms with Gasteiger partial charge in [0.25, 0.3) is 0 Å². The number of hydrogen-bond acceptors (Lipinski definition) is 4. The summed E-state index contributed by atoms with van der Waals surface area (Å²) < 4.78 is 18.3. The summed E-state index contributed by atoms with van der Waals surface area (Å²) in [4.78, 5) is 8.25. The summed E-state index contributed by atoms with van der Waals surface area (Å²) in [7, 11) is 0. The van der Waals surface area contributed by atoms with E-state index in [9.17, 15) is 4.39 Å². The third-order valence-corrected chi connectivity index (χ3v) is 5.32. The molecule has 0 saturated carbocycles. The molecule has 154 valence electrons. The average molecular weight is 510 g/mol. The van der Waals surface area contributed by atoms with Crippen molar-refractivity contribution in [2.45, 2.75) is 31.2 Å². The van der Waals surface area contributed by atoms with Crippen LogP contribution in [0, 0.1) is 5.82 Å². The van der Waals surface area contributed by atoms with E-state index >= 15 is 0 Å². The van der Waals surface area contributed by atoms with Crippen molar-refractivity contribution in [1.29, 1.82) is 0 Å². The Morgan fingerprint density at radius 2 is 1.96 bits per heavy atom. The van der Waals surface area contributed by atoms with Crippen LogP contribution in [-0.2, 0) is 4.74 Å². The molecule has 1 fully saturated rings. The van der Waals surface area contributed by atoms with E-state index in [1.807, 2.05) is 12.1 Å². The van der Waals surface area contributed by atoms with Crippen LogP contribution in [0.3, 0.4) is 0 Å². The molecule has 0 radical (unpaired) electrons. The molecule has 0 amide bonds. The molecule has 2 rings (SSSR count). The second kappa shape index (κ2) is 14.4. The summed E-state index contributed by atoms with van der Waals surface area (Å²) in [6, 6.07) is 7.08. The van der Waals surface area contributed by atoms with Crippen LogP contribution >= 0.6 is 35.7 Å². The van der Waals surface area contributed by atoms with E-state index in [2.05, 4.69) is 29.4 Å². The topological polar surface area (TPSA) is 48.9 Å². The average Bonchev–Trinajstić information content (AvgIpc) is 2.67. The van der Waals surface area contributed by atoms with Crippen LogP contribution in [-0.4, -0.2) is 68.6 Å². The highest BCUT2D eigenvalue weighted by Crippen LogP contribution is 2.18. The fraction of sp³-hybridized carbons (Fsp3) is 0.632. The lowest BCUT2D eigenvalue weighted by Crippen LogP contribution is -2.44. The Balaban J connectivity index is 0.00000364. The summed E-state index contributed by atoms with van der Waals surface area (Å²) in [5, 5.41) is 6.70. The lowest BCUT2D eigenvalue weighted by Gasteiger charge is -2.31. The lowest BCUT2D eigenvalue weighted by molar-refractivity contribution is 0.0220. The molecule has 27 heavy (non-hydrogen) atoms. The molecule has 0 spiro atoms. The third kappa shape index (κ3) is 9.96. The molecular formula is C19H32FIN4OS. The van der Waals surface area contributed by atoms with E-state index in [1.165, 1.54) is 12.1 Å². The molecule has 1 saturated heterocycles. The summed E-state index contributed by atoms with van der Waals surface area (Å²) in [5.41, 5.74) is 0. The van der Waals surface area contributed by atoms with Crippen molar-refractivity contribution in [3.8, 4) is 0 Å². The Bertz CT molecular complexity index is 541. The van der Waals surface area contributed by atoms with Gasteiger partial charge >= 0.3 is 0 Å². The van der Waals surface area contributed by atoms with Crippen molar-refractivity contribution >= 4 is 41.7 Å². The maximum atomic E-state index is 12.9. The van der Waals surface area contributed by atoms with Gasteiger partial charge in [0, 0.05) is 37.1 Å². The van der Waals surface area contributed by atoms with Gasteiger partial charge < -0.3 is 15.4 Å². The first kappa shape index (κ1) is 24.5. The standard InChI is InChI=1S/C19H31FN4OS.HI/c1-3-21-19(23-15-16(2)24-10-12-25-13-11-24)22-9-4-14-26-18-7-5-17(20)6-8-18;/h5-8,16H,3-4,9-15H2,1-2H3,(H2,21,22,23);1H. The molecule has 1 aliphatic heterocycles. The van der Waals surface area contributed by atoms with Crippen LogP contribution in [0.25, 0.3) is 0 Å². The molecule has 1 aliphatic rings. The molecule has 1 unspecified atom stereocenters. The van der Waals surface area contributed by atoms with Gasteiger partial charge in [0.2, 0.25) is 0 Å². The van der Waals surface area contributed by atoms with E-state index in [-0.39, 0.29) is 29.8 Å². The molecule has 0 bridgehead atoms. The Hall–Kier alpha value is -0.580. The quantitative estimate of drug-likeness (QED) is 0.176. The first-order valence-electron chi connectivity index (χ1n) is 9.41. The Labute approximate surface area is 183 Å². The van der Waals surface area contributed by atoms with Gasteiger partial charge in [-0.2, -0.15) is 0 Å². The highest BCUT2D eigenvalue weighted by Gasteiger charge is 2.16. The van der Waals surface area contributed by atoms with Gasteiger partial charge in [-0.1, -0.05) is 0 Å². The SMILES string of the molecule is CCNC(=NCC(C)N1CCOCC1)NCCCSc1ccc(F)cc1.I. The number of nitrogens with one attached hydrogen (secondary N) is 2. The minimum Gasteiger partial charge on any atom is -0.379 e. The zero-order valence-corrected chi connectivity index (χ0v) is 19.4. The lowest BCUT2D eigenvalue weighted by atomic mass is 10.2. The molecule has 0 aromatic heterocycles. The largest absolute Gasteiger partial charge is 0.379 e. The van der Waals surface area contributed by atoms with E-state index < -0.39 is 0 Å². The molecule has 1 aromatic carbocycles. The number of hydrogen-bond donors (Lipinski definition) is 2. The zero-order valence-electron chi connectivity index (χ0n) is 16.2. The molecule has 8 heteroatoms. The van der Waals surface area contributed by atoms with E-state index in [0.29, 0.717) is 6.04 Å². The Morgan fingerprint density at radius 1 is 1.26 bits per heavy atom. The van der Waals surface area contributed by atoms with Crippen molar-refractivity contribution in [1.82, 2.24) is 15.5 Å². The minimum atomic E-state index is -0.186. The number of thioether (sulfide) groups is 1. The highest BCUT2D eigenvalue weighted by molar-refractivity contribution is 14.0. The predicted octanol–water partition coefficient (Wildman–Crippen LogP) is 3.20. The second-order valence-electron chi connectivity index (χ2n) is 6.30. The number of ether oxygens (including phenoxy) is 1. The van der Waals surface area contributed by atoms with E-state index in [0.717, 1.165) is 69.0 Å². The van der Waals surface area contributed by atoms with Gasteiger partial charge in [-0.15, -0.1) is 35.7 Å². The number of nitrogens with zero attached hydrogens (tertiary/aromatic N) is 2. The van der Waals surface area contributed by atoms with Crippen molar-refractivity contribution < 1.29 is 9.13 Å². The summed E-state index contributed by atoms with van der Waals surface area (Å²) in [6.45, 7) is 10.4. The predicted molar refractivity (Wildman–Crippen MR) is 123 cm³/mol. The number of guanidine groups is 1. The summed E-state index contributed by atoms with van der Waals surface area (Å²) in [5.74, 6) is 1.68. The van der Waals surface area contributed by atoms with Gasteiger partial charge in [0.1, 0.15) is 5.82 Å². The van der Waals surface area contributed by atoms with Gasteiger partial charge in [0.05, 0.1) is 19.8 Å². The molecular weight excluding hydrogens is 478 g/mol. The molecule has 1 heterocycles. The first-order valence-corrected chi connectivity index (χ1v) is 10.4. The van der Waals surface area contributed by atoms with Crippen LogP contribution in [0.5, 0.6) is 0 Å². The summed E-state index contributed by atoms with van der Waals surface area (Å²) in [6.07, 6.45) is 1.02. The van der Waals surface area contributed by atoms with Crippen LogP contribution in [0.2, 0.25) is 0 Å². The van der Waals surface area contributed by atoms with Crippen molar-refractivity contribution in [2.24, 2.45) is 4.99 Å². The first-order chi connectivity index (χ1) is 12.7. The van der Waals surface area contributed by atoms with Crippen molar-refractivity contribution in [3.63, 3.8) is 0 Å². The third-order valence-electron chi connectivity index (χ3n) is 4.22. The van der Waals surface area contributed by atoms with Crippen molar-refractivity contribution in [2.75, 3.05) is 51.7 Å². The fourth-order valence-electron chi connectivity index (χ4n) is 2.70. The monoisotopic (exact) mass is 510 g/mol. The van der Waals surface area contributed by atoms with Crippen LogP contribution < -0.4 is 10.6 Å². The molecule has 5 nitrogen and oxygen atoms in total. The number of halogens is 2. The molecule has 1 atom stereocenters. The smallest absolute Gasteiger partial charge is 0.191 e. The normalized spacial score (nSPS) is 16.5. The maximum Gasteiger partial charge on any atom is 0.191 e. The van der Waals surface area contributed by atoms with Crippen LogP contribution in [0.1, 0.15) is 20.3 Å². The van der Waals surface area contributed by atoms with E-state index in [1.54, 1.807) is 11.8 Å². The van der Waals surface area contributed by atoms with E-state index in [4.69, 9.17) is 9.73 Å². The second-order valence-corrected chi connectivity index (χ2v) is 7.47.